The first-order valence-electron chi connectivity index (χ1n) is 14.0. The van der Waals surface area contributed by atoms with E-state index in [4.69, 9.17) is 0 Å². The van der Waals surface area contributed by atoms with Crippen LogP contribution in [0.2, 0.25) is 0 Å². The van der Waals surface area contributed by atoms with Crippen LogP contribution >= 0.6 is 0 Å². The maximum absolute atomic E-state index is 11.6. The SMILES string of the molecule is CC(=O)NC1=Nc2ccc(N3CC4(C)CN(c5ccc6c(c5)NC(=C=O)C(NC(C)=O)=N6)CC(C)(C3)C4)cc2NC1=C=O. The molecule has 2 saturated heterocycles. The summed E-state index contributed by atoms with van der Waals surface area (Å²) in [5.74, 6) is 3.36. The second kappa shape index (κ2) is 10.3. The molecule has 2 aromatic carbocycles. The van der Waals surface area contributed by atoms with Gasteiger partial charge in [-0.3, -0.25) is 9.59 Å². The second-order valence-electron chi connectivity index (χ2n) is 12.4. The Kier molecular flexibility index (Phi) is 6.68. The van der Waals surface area contributed by atoms with E-state index in [0.29, 0.717) is 22.7 Å². The summed E-state index contributed by atoms with van der Waals surface area (Å²) in [6.07, 6.45) is 1.07. The molecule has 0 unspecified atom stereocenters. The first-order chi connectivity index (χ1) is 20.5. The van der Waals surface area contributed by atoms with Gasteiger partial charge in [-0.1, -0.05) is 13.8 Å². The summed E-state index contributed by atoms with van der Waals surface area (Å²) in [5, 5.41) is 11.3. The lowest BCUT2D eigenvalue weighted by Gasteiger charge is -2.58. The van der Waals surface area contributed by atoms with Gasteiger partial charge < -0.3 is 31.1 Å². The van der Waals surface area contributed by atoms with Crippen molar-refractivity contribution in [3.63, 3.8) is 0 Å². The zero-order chi connectivity index (χ0) is 30.5. The molecule has 2 fully saturated rings. The highest BCUT2D eigenvalue weighted by Crippen LogP contribution is 2.49. The standard InChI is InChI=1S/C31H32N8O4/c1-18(42)32-28-26(11-40)34-24-9-20(5-7-22(24)36-28)38-14-30(3)13-31(4,15-38)17-39(16-30)21-6-8-23-25(10-21)35-27(12-41)29(37-23)33-19(2)43/h5-10,34-35H,13-17H2,1-4H3,(H,32,36,42)(H,33,37,43). The lowest BCUT2D eigenvalue weighted by Crippen LogP contribution is -2.62. The van der Waals surface area contributed by atoms with Crippen LogP contribution < -0.4 is 31.1 Å². The van der Waals surface area contributed by atoms with Crippen molar-refractivity contribution in [3.05, 3.63) is 47.8 Å². The summed E-state index contributed by atoms with van der Waals surface area (Å²) < 4.78 is 0. The number of fused-ring (bicyclic) bond motifs is 4. The molecule has 4 N–H and O–H groups in total. The van der Waals surface area contributed by atoms with E-state index in [0.717, 1.165) is 44.0 Å². The minimum absolute atomic E-state index is 0.0207. The number of amidine groups is 2. The van der Waals surface area contributed by atoms with E-state index in [-0.39, 0.29) is 45.7 Å². The number of anilines is 4. The first-order valence-corrected chi connectivity index (χ1v) is 14.0. The molecule has 6 rings (SSSR count). The van der Waals surface area contributed by atoms with Gasteiger partial charge in [-0.25, -0.2) is 19.6 Å². The fourth-order valence-electron chi connectivity index (χ4n) is 6.91. The van der Waals surface area contributed by atoms with Crippen molar-refractivity contribution in [1.29, 1.82) is 0 Å². The molecule has 12 nitrogen and oxygen atoms in total. The summed E-state index contributed by atoms with van der Waals surface area (Å²) in [7, 11) is 0. The van der Waals surface area contributed by atoms with Crippen molar-refractivity contribution >= 4 is 69.5 Å². The molecule has 0 saturated carbocycles. The van der Waals surface area contributed by atoms with Gasteiger partial charge in [0.05, 0.1) is 22.7 Å². The van der Waals surface area contributed by atoms with Gasteiger partial charge in [0.15, 0.2) is 34.9 Å². The quantitative estimate of drug-likeness (QED) is 0.397. The molecule has 43 heavy (non-hydrogen) atoms. The molecule has 12 heteroatoms. The van der Waals surface area contributed by atoms with Crippen LogP contribution in [0.1, 0.15) is 34.1 Å². The maximum atomic E-state index is 11.6. The Labute approximate surface area is 248 Å². The number of amides is 2. The number of benzene rings is 2. The summed E-state index contributed by atoms with van der Waals surface area (Å²) in [4.78, 5) is 59.9. The molecule has 220 valence electrons. The van der Waals surface area contributed by atoms with Gasteiger partial charge in [0.2, 0.25) is 11.8 Å². The zero-order valence-electron chi connectivity index (χ0n) is 24.4. The molecule has 4 aliphatic heterocycles. The topological polar surface area (TPSA) is 148 Å². The van der Waals surface area contributed by atoms with Gasteiger partial charge in [0.25, 0.3) is 0 Å². The van der Waals surface area contributed by atoms with Gasteiger partial charge in [0.1, 0.15) is 0 Å². The molecule has 2 amide bonds. The summed E-state index contributed by atoms with van der Waals surface area (Å²) in [6.45, 7) is 10.7. The van der Waals surface area contributed by atoms with E-state index < -0.39 is 0 Å². The Bertz CT molecular complexity index is 1590. The van der Waals surface area contributed by atoms with Crippen LogP contribution in [0.25, 0.3) is 0 Å². The Morgan fingerprint density at radius 1 is 0.744 bits per heavy atom. The summed E-state index contributed by atoms with van der Waals surface area (Å²) in [5.41, 5.74) is 4.84. The molecule has 2 bridgehead atoms. The number of carbonyl (C=O) groups excluding carboxylic acids is 4. The van der Waals surface area contributed by atoms with Gasteiger partial charge in [-0.05, 0) is 42.8 Å². The fraction of sp³-hybridized carbons (Fsp3) is 0.355. The van der Waals surface area contributed by atoms with Gasteiger partial charge in [0, 0.05) is 62.2 Å². The van der Waals surface area contributed by atoms with Crippen LogP contribution in [0.4, 0.5) is 34.1 Å². The number of nitrogens with zero attached hydrogens (tertiary/aromatic N) is 4. The smallest absolute Gasteiger partial charge is 0.222 e. The Morgan fingerprint density at radius 3 is 1.49 bits per heavy atom. The van der Waals surface area contributed by atoms with Gasteiger partial charge in [-0.2, -0.15) is 0 Å². The monoisotopic (exact) mass is 580 g/mol. The lowest BCUT2D eigenvalue weighted by atomic mass is 9.65. The third-order valence-corrected chi connectivity index (χ3v) is 8.08. The molecule has 0 aliphatic carbocycles. The Balaban J connectivity index is 1.24. The molecular weight excluding hydrogens is 548 g/mol. The van der Waals surface area contributed by atoms with Crippen molar-refractivity contribution in [2.24, 2.45) is 20.8 Å². The number of hydrogen-bond donors (Lipinski definition) is 4. The van der Waals surface area contributed by atoms with Crippen LogP contribution in [0.5, 0.6) is 0 Å². The molecule has 0 aromatic heterocycles. The summed E-state index contributed by atoms with van der Waals surface area (Å²) >= 11 is 0. The first kappa shape index (κ1) is 28.0. The number of nitrogens with one attached hydrogen (secondary N) is 4. The molecule has 4 aliphatic rings. The van der Waals surface area contributed by atoms with Crippen LogP contribution in [-0.2, 0) is 19.2 Å². The van der Waals surface area contributed by atoms with Gasteiger partial charge >= 0.3 is 0 Å². The predicted octanol–water partition coefficient (Wildman–Crippen LogP) is 3.04. The molecule has 0 radical (unpaired) electrons. The number of rotatable bonds is 2. The van der Waals surface area contributed by atoms with Crippen LogP contribution in [0, 0.1) is 10.8 Å². The zero-order valence-corrected chi connectivity index (χ0v) is 24.4. The van der Waals surface area contributed by atoms with E-state index in [9.17, 15) is 19.2 Å². The third kappa shape index (κ3) is 5.41. The van der Waals surface area contributed by atoms with Crippen LogP contribution in [0.15, 0.2) is 57.8 Å². The fourth-order valence-corrected chi connectivity index (χ4v) is 6.91. The lowest BCUT2D eigenvalue weighted by molar-refractivity contribution is -0.118. The average Bonchev–Trinajstić information content (AvgIpc) is 2.94. The average molecular weight is 581 g/mol. The number of aliphatic imine (C=N–C) groups is 2. The van der Waals surface area contributed by atoms with E-state index >= 15 is 0 Å². The molecule has 0 spiro atoms. The van der Waals surface area contributed by atoms with E-state index in [1.54, 1.807) is 0 Å². The minimum atomic E-state index is -0.317. The Hall–Kier alpha value is -5.18. The maximum Gasteiger partial charge on any atom is 0.222 e. The highest BCUT2D eigenvalue weighted by atomic mass is 16.2. The van der Waals surface area contributed by atoms with Crippen molar-refractivity contribution in [3.8, 4) is 0 Å². The van der Waals surface area contributed by atoms with Crippen LogP contribution in [-0.4, -0.2) is 61.5 Å². The predicted molar refractivity (Wildman–Crippen MR) is 166 cm³/mol. The molecular formula is C31H32N8O4. The Morgan fingerprint density at radius 2 is 1.14 bits per heavy atom. The molecule has 0 atom stereocenters. The van der Waals surface area contributed by atoms with Crippen molar-refractivity contribution in [2.75, 3.05) is 46.6 Å². The largest absolute Gasteiger partial charge is 0.370 e. The number of piperidine rings is 2. The second-order valence-corrected chi connectivity index (χ2v) is 12.4. The van der Waals surface area contributed by atoms with Gasteiger partial charge in [-0.15, -0.1) is 0 Å². The third-order valence-electron chi connectivity index (χ3n) is 8.08. The summed E-state index contributed by atoms with van der Waals surface area (Å²) in [6, 6.07) is 11.8. The number of hydrogen-bond acceptors (Lipinski definition) is 10. The van der Waals surface area contributed by atoms with Crippen molar-refractivity contribution in [2.45, 2.75) is 34.1 Å². The van der Waals surface area contributed by atoms with Crippen molar-refractivity contribution < 1.29 is 19.2 Å². The normalized spacial score (nSPS) is 23.7. The highest BCUT2D eigenvalue weighted by Gasteiger charge is 2.48. The van der Waals surface area contributed by atoms with Crippen molar-refractivity contribution in [1.82, 2.24) is 10.6 Å². The van der Waals surface area contributed by atoms with Crippen LogP contribution in [0.3, 0.4) is 0 Å². The van der Waals surface area contributed by atoms with E-state index in [1.165, 1.54) is 13.8 Å². The van der Waals surface area contributed by atoms with E-state index in [1.807, 2.05) is 48.3 Å². The molecule has 2 aromatic rings. The number of carbonyl (C=O) groups is 2. The van der Waals surface area contributed by atoms with E-state index in [2.05, 4.69) is 54.9 Å². The minimum Gasteiger partial charge on any atom is -0.370 e. The molecule has 4 heterocycles. The highest BCUT2D eigenvalue weighted by molar-refractivity contribution is 6.17.